The van der Waals surface area contributed by atoms with Gasteiger partial charge in [-0.15, -0.1) is 5.10 Å². The lowest BCUT2D eigenvalue weighted by Gasteiger charge is -2.21. The van der Waals surface area contributed by atoms with Crippen LogP contribution in [0.4, 0.5) is 5.69 Å². The second-order valence-electron chi connectivity index (χ2n) is 7.28. The number of aryl methyl sites for hydroxylation is 2. The van der Waals surface area contributed by atoms with Crippen LogP contribution in [0.1, 0.15) is 23.7 Å². The predicted molar refractivity (Wildman–Crippen MR) is 116 cm³/mol. The van der Waals surface area contributed by atoms with E-state index in [-0.39, 0.29) is 6.04 Å². The average molecular weight is 402 g/mol. The van der Waals surface area contributed by atoms with Crippen LogP contribution in [0.2, 0.25) is 5.02 Å². The number of nitrogens with zero attached hydrogens (tertiary/aromatic N) is 4. The van der Waals surface area contributed by atoms with Crippen LogP contribution in [0.3, 0.4) is 0 Å². The summed E-state index contributed by atoms with van der Waals surface area (Å²) in [7, 11) is 0. The van der Waals surface area contributed by atoms with Crippen LogP contribution in [0.25, 0.3) is 22.4 Å². The molecule has 2 aromatic carbocycles. The Hall–Kier alpha value is -3.18. The number of anilines is 1. The van der Waals surface area contributed by atoms with Crippen molar-refractivity contribution >= 4 is 17.3 Å². The van der Waals surface area contributed by atoms with E-state index in [0.717, 1.165) is 46.2 Å². The zero-order valence-corrected chi connectivity index (χ0v) is 16.8. The van der Waals surface area contributed by atoms with E-state index in [1.165, 1.54) is 11.1 Å². The van der Waals surface area contributed by atoms with Crippen LogP contribution >= 0.6 is 11.6 Å². The molecule has 29 heavy (non-hydrogen) atoms. The van der Waals surface area contributed by atoms with E-state index in [0.29, 0.717) is 0 Å². The van der Waals surface area contributed by atoms with Crippen LogP contribution in [0, 0.1) is 6.92 Å². The summed E-state index contributed by atoms with van der Waals surface area (Å²) in [5, 5.41) is 13.1. The first-order valence-electron chi connectivity index (χ1n) is 9.66. The lowest BCUT2D eigenvalue weighted by Crippen LogP contribution is -2.12. The lowest BCUT2D eigenvalue weighted by atomic mass is 9.92. The standard InChI is InChI=1S/C23H20ClN5/c1-15-23-20-9-4-16(17-3-2-11-25-14-17)13-21(20)22(10-12-29(23)28-27-15)26-19-7-5-18(24)6-8-19/h2-9,11,13-14,22,26H,10,12H2,1H3. The monoisotopic (exact) mass is 401 g/mol. The van der Waals surface area contributed by atoms with Gasteiger partial charge >= 0.3 is 0 Å². The van der Waals surface area contributed by atoms with Gasteiger partial charge in [-0.05, 0) is 66.4 Å². The summed E-state index contributed by atoms with van der Waals surface area (Å²) < 4.78 is 2.02. The Morgan fingerprint density at radius 2 is 1.93 bits per heavy atom. The van der Waals surface area contributed by atoms with Gasteiger partial charge in [0.1, 0.15) is 0 Å². The predicted octanol–water partition coefficient (Wildman–Crippen LogP) is 5.53. The maximum Gasteiger partial charge on any atom is 0.0918 e. The normalized spacial score (nSPS) is 15.3. The molecular weight excluding hydrogens is 382 g/mol. The zero-order chi connectivity index (χ0) is 19.8. The largest absolute Gasteiger partial charge is 0.378 e. The highest BCUT2D eigenvalue weighted by Crippen LogP contribution is 2.39. The van der Waals surface area contributed by atoms with E-state index in [1.807, 2.05) is 48.1 Å². The van der Waals surface area contributed by atoms with Crippen LogP contribution < -0.4 is 5.32 Å². The summed E-state index contributed by atoms with van der Waals surface area (Å²) in [6.07, 6.45) is 4.60. The molecule has 0 saturated heterocycles. The molecule has 1 unspecified atom stereocenters. The van der Waals surface area contributed by atoms with Gasteiger partial charge in [0.15, 0.2) is 0 Å². The van der Waals surface area contributed by atoms with Gasteiger partial charge in [-0.25, -0.2) is 4.68 Å². The fourth-order valence-electron chi connectivity index (χ4n) is 3.97. The molecule has 2 aromatic heterocycles. The number of rotatable bonds is 3. The van der Waals surface area contributed by atoms with Gasteiger partial charge in [0.25, 0.3) is 0 Å². The van der Waals surface area contributed by atoms with Gasteiger partial charge in [0.2, 0.25) is 0 Å². The summed E-state index contributed by atoms with van der Waals surface area (Å²) in [6.45, 7) is 2.82. The summed E-state index contributed by atoms with van der Waals surface area (Å²) >= 11 is 6.06. The Labute approximate surface area is 174 Å². The van der Waals surface area contributed by atoms with Crippen LogP contribution in [-0.4, -0.2) is 20.0 Å². The summed E-state index contributed by atoms with van der Waals surface area (Å²) in [6, 6.07) is 18.6. The van der Waals surface area contributed by atoms with E-state index < -0.39 is 0 Å². The van der Waals surface area contributed by atoms with Crippen molar-refractivity contribution in [1.82, 2.24) is 20.0 Å². The molecule has 6 heteroatoms. The van der Waals surface area contributed by atoms with E-state index in [2.05, 4.69) is 44.9 Å². The van der Waals surface area contributed by atoms with Crippen molar-refractivity contribution in [3.05, 3.63) is 83.3 Å². The quantitative estimate of drug-likeness (QED) is 0.490. The Balaban J connectivity index is 1.63. The van der Waals surface area contributed by atoms with Gasteiger partial charge in [-0.1, -0.05) is 35.0 Å². The minimum Gasteiger partial charge on any atom is -0.378 e. The first-order chi connectivity index (χ1) is 14.2. The fraction of sp³-hybridized carbons (Fsp3) is 0.174. The number of hydrogen-bond acceptors (Lipinski definition) is 4. The third kappa shape index (κ3) is 3.38. The molecule has 4 aromatic rings. The smallest absolute Gasteiger partial charge is 0.0918 e. The van der Waals surface area contributed by atoms with Crippen LogP contribution in [0.5, 0.6) is 0 Å². The van der Waals surface area contributed by atoms with E-state index in [4.69, 9.17) is 11.6 Å². The van der Waals surface area contributed by atoms with Gasteiger partial charge in [-0.3, -0.25) is 4.98 Å². The van der Waals surface area contributed by atoms with Gasteiger partial charge in [0, 0.05) is 35.2 Å². The van der Waals surface area contributed by atoms with E-state index in [1.54, 1.807) is 6.20 Å². The zero-order valence-electron chi connectivity index (χ0n) is 16.0. The Morgan fingerprint density at radius 1 is 1.07 bits per heavy atom. The third-order valence-electron chi connectivity index (χ3n) is 5.40. The van der Waals surface area contributed by atoms with Gasteiger partial charge < -0.3 is 5.32 Å². The number of nitrogens with one attached hydrogen (secondary N) is 1. The molecular formula is C23H20ClN5. The van der Waals surface area contributed by atoms with Crippen molar-refractivity contribution in [3.8, 4) is 22.4 Å². The molecule has 3 heterocycles. The number of halogens is 1. The topological polar surface area (TPSA) is 55.6 Å². The molecule has 0 radical (unpaired) electrons. The maximum absolute atomic E-state index is 6.06. The molecule has 0 aliphatic carbocycles. The molecule has 1 aliphatic rings. The average Bonchev–Trinajstić information content (AvgIpc) is 3.05. The highest BCUT2D eigenvalue weighted by Gasteiger charge is 2.25. The number of aromatic nitrogens is 4. The maximum atomic E-state index is 6.06. The number of fused-ring (bicyclic) bond motifs is 3. The van der Waals surface area contributed by atoms with Gasteiger partial charge in [-0.2, -0.15) is 0 Å². The molecule has 0 amide bonds. The van der Waals surface area contributed by atoms with Crippen molar-refractivity contribution in [1.29, 1.82) is 0 Å². The molecule has 1 atom stereocenters. The second kappa shape index (κ2) is 7.33. The highest BCUT2D eigenvalue weighted by molar-refractivity contribution is 6.30. The van der Waals surface area contributed by atoms with Crippen molar-refractivity contribution < 1.29 is 0 Å². The number of benzene rings is 2. The summed E-state index contributed by atoms with van der Waals surface area (Å²) in [4.78, 5) is 4.28. The van der Waals surface area contributed by atoms with Crippen molar-refractivity contribution in [2.24, 2.45) is 0 Å². The Kier molecular flexibility index (Phi) is 4.52. The van der Waals surface area contributed by atoms with Crippen molar-refractivity contribution in [3.63, 3.8) is 0 Å². The van der Waals surface area contributed by atoms with Gasteiger partial charge in [0.05, 0.1) is 17.4 Å². The minimum absolute atomic E-state index is 0.142. The fourth-order valence-corrected chi connectivity index (χ4v) is 4.10. The molecule has 1 N–H and O–H groups in total. The SMILES string of the molecule is Cc1nnn2c1-c1ccc(-c3cccnc3)cc1C(Nc1ccc(Cl)cc1)CC2. The van der Waals surface area contributed by atoms with Crippen molar-refractivity contribution in [2.75, 3.05) is 5.32 Å². The molecule has 0 fully saturated rings. The number of pyridine rings is 1. The summed E-state index contributed by atoms with van der Waals surface area (Å²) in [5.41, 5.74) is 7.76. The lowest BCUT2D eigenvalue weighted by molar-refractivity contribution is 0.539. The Bertz CT molecular complexity index is 1150. The first kappa shape index (κ1) is 17.9. The second-order valence-corrected chi connectivity index (χ2v) is 7.72. The minimum atomic E-state index is 0.142. The number of hydrogen-bond donors (Lipinski definition) is 1. The molecule has 5 rings (SSSR count). The molecule has 0 bridgehead atoms. The van der Waals surface area contributed by atoms with Crippen LogP contribution in [0.15, 0.2) is 67.0 Å². The molecule has 144 valence electrons. The van der Waals surface area contributed by atoms with Crippen LogP contribution in [-0.2, 0) is 6.54 Å². The molecule has 1 aliphatic heterocycles. The molecule has 0 spiro atoms. The third-order valence-corrected chi connectivity index (χ3v) is 5.65. The van der Waals surface area contributed by atoms with Crippen molar-refractivity contribution in [2.45, 2.75) is 25.9 Å². The Morgan fingerprint density at radius 3 is 2.72 bits per heavy atom. The summed E-state index contributed by atoms with van der Waals surface area (Å²) in [5.74, 6) is 0. The molecule has 0 saturated carbocycles. The first-order valence-corrected chi connectivity index (χ1v) is 10.0. The highest BCUT2D eigenvalue weighted by atomic mass is 35.5. The van der Waals surface area contributed by atoms with E-state index in [9.17, 15) is 0 Å². The molecule has 5 nitrogen and oxygen atoms in total. The van der Waals surface area contributed by atoms with E-state index >= 15 is 0 Å².